The van der Waals surface area contributed by atoms with Gasteiger partial charge in [0.2, 0.25) is 6.10 Å². The van der Waals surface area contributed by atoms with E-state index in [1.165, 1.54) is 0 Å². The summed E-state index contributed by atoms with van der Waals surface area (Å²) in [5, 5.41) is 2.73. The number of carbonyl (C=O) groups excluding carboxylic acids is 2. The summed E-state index contributed by atoms with van der Waals surface area (Å²) < 4.78 is 5.11. The Morgan fingerprint density at radius 1 is 1.00 bits per heavy atom. The van der Waals surface area contributed by atoms with Crippen molar-refractivity contribution < 1.29 is 14.3 Å². The Hall–Kier alpha value is -2.62. The maximum absolute atomic E-state index is 12.1. The van der Waals surface area contributed by atoms with Crippen molar-refractivity contribution >= 4 is 17.6 Å². The van der Waals surface area contributed by atoms with E-state index in [1.807, 2.05) is 18.2 Å². The van der Waals surface area contributed by atoms with Crippen LogP contribution in [0.5, 0.6) is 0 Å². The summed E-state index contributed by atoms with van der Waals surface area (Å²) in [4.78, 5) is 23.8. The van der Waals surface area contributed by atoms with Gasteiger partial charge in [-0.1, -0.05) is 36.4 Å². The second-order valence-electron chi connectivity index (χ2n) is 4.23. The van der Waals surface area contributed by atoms with E-state index in [9.17, 15) is 9.59 Å². The molecule has 0 saturated heterocycles. The minimum absolute atomic E-state index is 0.343. The molecule has 0 saturated carbocycles. The summed E-state index contributed by atoms with van der Waals surface area (Å²) in [5.41, 5.74) is 1.74. The van der Waals surface area contributed by atoms with Crippen LogP contribution in [-0.2, 0) is 9.53 Å². The number of cyclic esters (lactones) is 1. The van der Waals surface area contributed by atoms with E-state index >= 15 is 0 Å². The molecule has 94 valence electrons. The lowest BCUT2D eigenvalue weighted by molar-refractivity contribution is -0.124. The fraction of sp³-hybridized carbons (Fsp3) is 0.0667. The first-order valence-electron chi connectivity index (χ1n) is 5.91. The first-order chi connectivity index (χ1) is 9.25. The second kappa shape index (κ2) is 4.57. The van der Waals surface area contributed by atoms with Gasteiger partial charge >= 0.3 is 5.97 Å². The lowest BCUT2D eigenvalue weighted by Crippen LogP contribution is -2.21. The average molecular weight is 253 g/mol. The molecule has 3 rings (SSSR count). The van der Waals surface area contributed by atoms with Gasteiger partial charge in [-0.05, 0) is 18.2 Å². The minimum atomic E-state index is -0.871. The highest BCUT2D eigenvalue weighted by Crippen LogP contribution is 2.31. The van der Waals surface area contributed by atoms with E-state index in [1.54, 1.807) is 36.4 Å². The zero-order chi connectivity index (χ0) is 13.2. The van der Waals surface area contributed by atoms with Crippen molar-refractivity contribution in [1.82, 2.24) is 0 Å². The molecule has 0 fully saturated rings. The number of hydrogen-bond donors (Lipinski definition) is 1. The zero-order valence-corrected chi connectivity index (χ0v) is 10.00. The van der Waals surface area contributed by atoms with E-state index < -0.39 is 12.1 Å². The third-order valence-corrected chi connectivity index (χ3v) is 2.97. The van der Waals surface area contributed by atoms with E-state index in [-0.39, 0.29) is 5.91 Å². The third-order valence-electron chi connectivity index (χ3n) is 2.97. The van der Waals surface area contributed by atoms with Crippen LogP contribution < -0.4 is 5.32 Å². The van der Waals surface area contributed by atoms with Crippen molar-refractivity contribution in [1.29, 1.82) is 0 Å². The fourth-order valence-corrected chi connectivity index (χ4v) is 2.07. The van der Waals surface area contributed by atoms with E-state index in [4.69, 9.17) is 4.74 Å². The van der Waals surface area contributed by atoms with Gasteiger partial charge in [0.1, 0.15) is 0 Å². The number of ether oxygens (including phenoxy) is 1. The Labute approximate surface area is 110 Å². The molecule has 1 amide bonds. The number of nitrogens with one attached hydrogen (secondary N) is 1. The number of hydrogen-bond acceptors (Lipinski definition) is 3. The average Bonchev–Trinajstić information content (AvgIpc) is 2.78. The van der Waals surface area contributed by atoms with E-state index in [2.05, 4.69) is 5.32 Å². The van der Waals surface area contributed by atoms with Crippen LogP contribution in [0.4, 0.5) is 5.69 Å². The summed E-state index contributed by atoms with van der Waals surface area (Å²) in [6, 6.07) is 16.0. The molecule has 1 aliphatic rings. The van der Waals surface area contributed by atoms with Crippen molar-refractivity contribution in [3.8, 4) is 0 Å². The molecule has 0 spiro atoms. The maximum Gasteiger partial charge on any atom is 0.339 e. The molecule has 0 aliphatic carbocycles. The van der Waals surface area contributed by atoms with Crippen LogP contribution in [0.3, 0.4) is 0 Å². The molecule has 1 atom stereocenters. The molecule has 0 bridgehead atoms. The highest BCUT2D eigenvalue weighted by atomic mass is 16.6. The molecule has 2 aromatic rings. The first-order valence-corrected chi connectivity index (χ1v) is 5.91. The fourth-order valence-electron chi connectivity index (χ4n) is 2.07. The van der Waals surface area contributed by atoms with Crippen LogP contribution in [-0.4, -0.2) is 11.9 Å². The first kappa shape index (κ1) is 11.5. The van der Waals surface area contributed by atoms with Crippen molar-refractivity contribution in [2.45, 2.75) is 6.10 Å². The van der Waals surface area contributed by atoms with Crippen LogP contribution in [0, 0.1) is 0 Å². The highest BCUT2D eigenvalue weighted by Gasteiger charge is 2.35. The summed E-state index contributed by atoms with van der Waals surface area (Å²) in [6.45, 7) is 0. The molecule has 2 aromatic carbocycles. The SMILES string of the molecule is O=C1OC(C(=O)Nc2ccccc2)c2ccccc21. The van der Waals surface area contributed by atoms with Crippen LogP contribution >= 0.6 is 0 Å². The van der Waals surface area contributed by atoms with Crippen LogP contribution in [0.25, 0.3) is 0 Å². The molecular formula is C15H11NO3. The molecule has 1 unspecified atom stereocenters. The molecular weight excluding hydrogens is 242 g/mol. The predicted molar refractivity (Wildman–Crippen MR) is 69.7 cm³/mol. The lowest BCUT2D eigenvalue weighted by atomic mass is 10.0. The zero-order valence-electron chi connectivity index (χ0n) is 10.00. The molecule has 0 radical (unpaired) electrons. The molecule has 4 heteroatoms. The van der Waals surface area contributed by atoms with Gasteiger partial charge < -0.3 is 10.1 Å². The van der Waals surface area contributed by atoms with Crippen molar-refractivity contribution in [2.24, 2.45) is 0 Å². The summed E-state index contributed by atoms with van der Waals surface area (Å²) in [5.74, 6) is -0.798. The molecule has 1 aliphatic heterocycles. The van der Waals surface area contributed by atoms with Gasteiger partial charge in [0.05, 0.1) is 5.56 Å². The number of amides is 1. The second-order valence-corrected chi connectivity index (χ2v) is 4.23. The smallest absolute Gasteiger partial charge is 0.339 e. The van der Waals surface area contributed by atoms with Crippen LogP contribution in [0.1, 0.15) is 22.0 Å². The Bertz CT molecular complexity index is 637. The predicted octanol–water partition coefficient (Wildman–Crippen LogP) is 2.54. The number of anilines is 1. The summed E-state index contributed by atoms with van der Waals surface area (Å²) in [7, 11) is 0. The molecule has 4 nitrogen and oxygen atoms in total. The largest absolute Gasteiger partial charge is 0.444 e. The van der Waals surface area contributed by atoms with Gasteiger partial charge in [0.25, 0.3) is 5.91 Å². The van der Waals surface area contributed by atoms with E-state index in [0.717, 1.165) is 0 Å². The minimum Gasteiger partial charge on any atom is -0.444 e. The standard InChI is InChI=1S/C15H11NO3/c17-14(16-10-6-2-1-3-7-10)13-11-8-4-5-9-12(11)15(18)19-13/h1-9,13H,(H,16,17). The number of esters is 1. The van der Waals surface area contributed by atoms with Crippen molar-refractivity contribution in [2.75, 3.05) is 5.32 Å². The van der Waals surface area contributed by atoms with Gasteiger partial charge in [-0.2, -0.15) is 0 Å². The molecule has 1 heterocycles. The Kier molecular flexibility index (Phi) is 2.76. The highest BCUT2D eigenvalue weighted by molar-refractivity contribution is 6.03. The van der Waals surface area contributed by atoms with E-state index in [0.29, 0.717) is 16.8 Å². The number of para-hydroxylation sites is 1. The van der Waals surface area contributed by atoms with Gasteiger partial charge in [-0.3, -0.25) is 4.79 Å². The van der Waals surface area contributed by atoms with Crippen molar-refractivity contribution in [3.05, 3.63) is 65.7 Å². The summed E-state index contributed by atoms with van der Waals surface area (Å²) >= 11 is 0. The normalized spacial score (nSPS) is 16.6. The molecule has 19 heavy (non-hydrogen) atoms. The van der Waals surface area contributed by atoms with Gasteiger partial charge in [0.15, 0.2) is 0 Å². The van der Waals surface area contributed by atoms with Crippen LogP contribution in [0.15, 0.2) is 54.6 Å². The number of fused-ring (bicyclic) bond motifs is 1. The Morgan fingerprint density at radius 2 is 1.68 bits per heavy atom. The molecule has 1 N–H and O–H groups in total. The van der Waals surface area contributed by atoms with Crippen molar-refractivity contribution in [3.63, 3.8) is 0 Å². The van der Waals surface area contributed by atoms with Gasteiger partial charge in [-0.25, -0.2) is 4.79 Å². The number of rotatable bonds is 2. The topological polar surface area (TPSA) is 55.4 Å². The monoisotopic (exact) mass is 253 g/mol. The van der Waals surface area contributed by atoms with Crippen LogP contribution in [0.2, 0.25) is 0 Å². The van der Waals surface area contributed by atoms with Gasteiger partial charge in [0, 0.05) is 11.3 Å². The number of benzene rings is 2. The Morgan fingerprint density at radius 3 is 2.47 bits per heavy atom. The Balaban J connectivity index is 1.85. The lowest BCUT2D eigenvalue weighted by Gasteiger charge is -2.11. The quantitative estimate of drug-likeness (QED) is 0.837. The summed E-state index contributed by atoms with van der Waals surface area (Å²) in [6.07, 6.45) is -0.871. The number of carbonyl (C=O) groups is 2. The third kappa shape index (κ3) is 2.08. The maximum atomic E-state index is 12.1. The molecule has 0 aromatic heterocycles. The van der Waals surface area contributed by atoms with Gasteiger partial charge in [-0.15, -0.1) is 0 Å².